The second kappa shape index (κ2) is 9.56. The van der Waals surface area contributed by atoms with E-state index in [9.17, 15) is 4.79 Å². The predicted octanol–water partition coefficient (Wildman–Crippen LogP) is 0.547. The van der Waals surface area contributed by atoms with Crippen LogP contribution in [0.4, 0.5) is 5.82 Å². The minimum Gasteiger partial charge on any atom is -0.383 e. The molecule has 1 aliphatic heterocycles. The average molecular weight is 336 g/mol. The van der Waals surface area contributed by atoms with E-state index < -0.39 is 0 Å². The topological polar surface area (TPSA) is 75.7 Å². The van der Waals surface area contributed by atoms with Crippen molar-refractivity contribution in [3.8, 4) is 0 Å². The molecule has 2 heterocycles. The molecule has 1 saturated heterocycles. The minimum absolute atomic E-state index is 0.0361. The molecule has 0 aliphatic carbocycles. The van der Waals surface area contributed by atoms with Crippen molar-refractivity contribution in [3.63, 3.8) is 0 Å². The number of nitrogens with zero attached hydrogens (tertiary/aromatic N) is 2. The van der Waals surface area contributed by atoms with Gasteiger partial charge in [-0.2, -0.15) is 0 Å². The van der Waals surface area contributed by atoms with Crippen LogP contribution in [0.25, 0.3) is 0 Å². The Morgan fingerprint density at radius 2 is 2.12 bits per heavy atom. The smallest absolute Gasteiger partial charge is 0.234 e. The lowest BCUT2D eigenvalue weighted by Gasteiger charge is -2.36. The Morgan fingerprint density at radius 1 is 1.38 bits per heavy atom. The van der Waals surface area contributed by atoms with Crippen LogP contribution < -0.4 is 15.5 Å². The van der Waals surface area contributed by atoms with E-state index in [1.54, 1.807) is 7.11 Å². The summed E-state index contributed by atoms with van der Waals surface area (Å²) >= 11 is 0. The maximum Gasteiger partial charge on any atom is 0.234 e. The molecule has 2 atom stereocenters. The summed E-state index contributed by atoms with van der Waals surface area (Å²) in [6.45, 7) is 7.88. The third-order valence-corrected chi connectivity index (χ3v) is 3.81. The molecule has 1 fully saturated rings. The number of nitrogens with one attached hydrogen (secondary N) is 2. The molecule has 1 amide bonds. The van der Waals surface area contributed by atoms with Crippen LogP contribution in [-0.2, 0) is 20.8 Å². The number of methoxy groups -OCH3 is 1. The van der Waals surface area contributed by atoms with Gasteiger partial charge in [0.2, 0.25) is 5.91 Å². The van der Waals surface area contributed by atoms with E-state index in [0.29, 0.717) is 26.2 Å². The summed E-state index contributed by atoms with van der Waals surface area (Å²) in [6.07, 6.45) is 2.24. The van der Waals surface area contributed by atoms with E-state index in [-0.39, 0.29) is 18.1 Å². The third-order valence-electron chi connectivity index (χ3n) is 3.81. The molecule has 0 radical (unpaired) electrons. The first kappa shape index (κ1) is 18.6. The van der Waals surface area contributed by atoms with E-state index >= 15 is 0 Å². The zero-order valence-electron chi connectivity index (χ0n) is 14.7. The van der Waals surface area contributed by atoms with Crippen molar-refractivity contribution in [1.29, 1.82) is 0 Å². The van der Waals surface area contributed by atoms with E-state index in [4.69, 9.17) is 9.47 Å². The second-order valence-electron chi connectivity index (χ2n) is 6.13. The lowest BCUT2D eigenvalue weighted by molar-refractivity contribution is -0.120. The number of carbonyl (C=O) groups is 1. The molecule has 1 aliphatic rings. The number of carbonyl (C=O) groups excluding carboxylic acids is 1. The van der Waals surface area contributed by atoms with Gasteiger partial charge in [-0.05, 0) is 25.5 Å². The van der Waals surface area contributed by atoms with Crippen LogP contribution in [0.5, 0.6) is 0 Å². The summed E-state index contributed by atoms with van der Waals surface area (Å²) in [7, 11) is 1.64. The standard InChI is InChI=1S/C17H28N4O3/c1-13-11-21(12-14(2)24-13)16-5-4-15(8-19-16)9-20-17(22)10-18-6-7-23-3/h4-5,8,13-14,18H,6-7,9-12H2,1-3H3,(H,20,22). The zero-order chi connectivity index (χ0) is 17.4. The maximum absolute atomic E-state index is 11.7. The van der Waals surface area contributed by atoms with Crippen molar-refractivity contribution >= 4 is 11.7 Å². The first-order valence-electron chi connectivity index (χ1n) is 8.40. The summed E-state index contributed by atoms with van der Waals surface area (Å²) in [5, 5.41) is 5.88. The number of rotatable bonds is 8. The van der Waals surface area contributed by atoms with Crippen LogP contribution in [0.2, 0.25) is 0 Å². The molecule has 2 N–H and O–H groups in total. The minimum atomic E-state index is -0.0361. The van der Waals surface area contributed by atoms with Gasteiger partial charge in [0.1, 0.15) is 5.82 Å². The van der Waals surface area contributed by atoms with Crippen molar-refractivity contribution in [2.45, 2.75) is 32.6 Å². The van der Waals surface area contributed by atoms with Crippen LogP contribution in [0.1, 0.15) is 19.4 Å². The van der Waals surface area contributed by atoms with Gasteiger partial charge in [0.05, 0.1) is 25.4 Å². The molecule has 134 valence electrons. The van der Waals surface area contributed by atoms with Crippen LogP contribution in [0, 0.1) is 0 Å². The Hall–Kier alpha value is -1.70. The Labute approximate surface area is 143 Å². The Kier molecular flexibility index (Phi) is 7.42. The van der Waals surface area contributed by atoms with Gasteiger partial charge in [-0.3, -0.25) is 4.79 Å². The number of hydrogen-bond acceptors (Lipinski definition) is 6. The fraction of sp³-hybridized carbons (Fsp3) is 0.647. The van der Waals surface area contributed by atoms with Gasteiger partial charge >= 0.3 is 0 Å². The predicted molar refractivity (Wildman–Crippen MR) is 93.1 cm³/mol. The molecule has 7 heteroatoms. The van der Waals surface area contributed by atoms with Crippen molar-refractivity contribution < 1.29 is 14.3 Å². The molecule has 1 aromatic rings. The van der Waals surface area contributed by atoms with Crippen molar-refractivity contribution in [2.24, 2.45) is 0 Å². The number of aromatic nitrogens is 1. The van der Waals surface area contributed by atoms with Gasteiger partial charge < -0.3 is 25.0 Å². The van der Waals surface area contributed by atoms with Gasteiger partial charge in [0.15, 0.2) is 0 Å². The Bertz CT molecular complexity index is 499. The lowest BCUT2D eigenvalue weighted by Crippen LogP contribution is -2.45. The second-order valence-corrected chi connectivity index (χ2v) is 6.13. The molecule has 0 saturated carbocycles. The maximum atomic E-state index is 11.7. The van der Waals surface area contributed by atoms with Crippen LogP contribution >= 0.6 is 0 Å². The highest BCUT2D eigenvalue weighted by molar-refractivity contribution is 5.77. The quantitative estimate of drug-likeness (QED) is 0.675. The van der Waals surface area contributed by atoms with E-state index in [1.807, 2.05) is 18.3 Å². The molecule has 2 unspecified atom stereocenters. The number of ether oxygens (including phenoxy) is 2. The molecule has 0 aromatic carbocycles. The van der Waals surface area contributed by atoms with Crippen molar-refractivity contribution in [1.82, 2.24) is 15.6 Å². The van der Waals surface area contributed by atoms with Gasteiger partial charge in [-0.15, -0.1) is 0 Å². The first-order chi connectivity index (χ1) is 11.6. The van der Waals surface area contributed by atoms with Gasteiger partial charge in [0, 0.05) is 39.5 Å². The van der Waals surface area contributed by atoms with E-state index in [2.05, 4.69) is 34.4 Å². The molecule has 0 bridgehead atoms. The van der Waals surface area contributed by atoms with Gasteiger partial charge in [-0.1, -0.05) is 6.07 Å². The van der Waals surface area contributed by atoms with Crippen LogP contribution in [-0.4, -0.2) is 63.0 Å². The fourth-order valence-corrected chi connectivity index (χ4v) is 2.71. The summed E-state index contributed by atoms with van der Waals surface area (Å²) in [6, 6.07) is 4.01. The molecule has 1 aromatic heterocycles. The molecule has 7 nitrogen and oxygen atoms in total. The summed E-state index contributed by atoms with van der Waals surface area (Å²) in [4.78, 5) is 18.5. The fourth-order valence-electron chi connectivity index (χ4n) is 2.71. The molecule has 0 spiro atoms. The SMILES string of the molecule is COCCNCC(=O)NCc1ccc(N2CC(C)OC(C)C2)nc1. The van der Waals surface area contributed by atoms with Gasteiger partial charge in [-0.25, -0.2) is 4.98 Å². The first-order valence-corrected chi connectivity index (χ1v) is 8.40. The highest BCUT2D eigenvalue weighted by atomic mass is 16.5. The van der Waals surface area contributed by atoms with E-state index in [1.165, 1.54) is 0 Å². The monoisotopic (exact) mass is 336 g/mol. The normalized spacial score (nSPS) is 20.9. The highest BCUT2D eigenvalue weighted by Crippen LogP contribution is 2.18. The number of pyridine rings is 1. The third kappa shape index (κ3) is 6.07. The summed E-state index contributed by atoms with van der Waals surface area (Å²) in [5.41, 5.74) is 0.985. The van der Waals surface area contributed by atoms with Crippen LogP contribution in [0.3, 0.4) is 0 Å². The summed E-state index contributed by atoms with van der Waals surface area (Å²) in [5.74, 6) is 0.916. The van der Waals surface area contributed by atoms with Crippen molar-refractivity contribution in [3.05, 3.63) is 23.9 Å². The Morgan fingerprint density at radius 3 is 2.75 bits per heavy atom. The number of hydrogen-bond donors (Lipinski definition) is 2. The van der Waals surface area contributed by atoms with E-state index in [0.717, 1.165) is 24.5 Å². The van der Waals surface area contributed by atoms with Crippen LogP contribution in [0.15, 0.2) is 18.3 Å². The molecular formula is C17H28N4O3. The molecule has 2 rings (SSSR count). The number of morpholine rings is 1. The highest BCUT2D eigenvalue weighted by Gasteiger charge is 2.22. The lowest BCUT2D eigenvalue weighted by atomic mass is 10.2. The number of amides is 1. The molecular weight excluding hydrogens is 308 g/mol. The average Bonchev–Trinajstić information content (AvgIpc) is 2.56. The molecule has 24 heavy (non-hydrogen) atoms. The zero-order valence-corrected chi connectivity index (χ0v) is 14.7. The Balaban J connectivity index is 1.76. The summed E-state index contributed by atoms with van der Waals surface area (Å²) < 4.78 is 10.7. The van der Waals surface area contributed by atoms with Crippen molar-refractivity contribution in [2.75, 3.05) is 44.8 Å². The number of anilines is 1. The largest absolute Gasteiger partial charge is 0.383 e. The van der Waals surface area contributed by atoms with Gasteiger partial charge in [0.25, 0.3) is 0 Å².